The van der Waals surface area contributed by atoms with Crippen molar-refractivity contribution in [3.8, 4) is 0 Å². The van der Waals surface area contributed by atoms with Crippen molar-refractivity contribution in [2.24, 2.45) is 5.16 Å². The van der Waals surface area contributed by atoms with E-state index in [1.54, 1.807) is 0 Å². The molecule has 15 nitrogen and oxygen atoms in total. The summed E-state index contributed by atoms with van der Waals surface area (Å²) in [6.45, 7) is 2.45. The highest BCUT2D eigenvalue weighted by molar-refractivity contribution is 7.84. The number of thiazole rings is 1. The molecule has 2 aliphatic heterocycles. The molecule has 2 aliphatic rings. The number of amides is 3. The number of carbonyl (C=O) groups excluding carboxylic acids is 3. The quantitative estimate of drug-likeness (QED) is 0.125. The van der Waals surface area contributed by atoms with Gasteiger partial charge in [0.2, 0.25) is 11.5 Å². The smallest absolute Gasteiger partial charge is 0.362 e. The average Bonchev–Trinajstić information content (AvgIpc) is 3.12. The summed E-state index contributed by atoms with van der Waals surface area (Å²) in [4.78, 5) is 58.3. The van der Waals surface area contributed by atoms with Crippen LogP contribution in [-0.2, 0) is 34.3 Å². The van der Waals surface area contributed by atoms with Crippen molar-refractivity contribution < 1.29 is 42.1 Å². The summed E-state index contributed by atoms with van der Waals surface area (Å²) in [7, 11) is -4.94. The first-order valence-corrected chi connectivity index (χ1v) is 11.6. The van der Waals surface area contributed by atoms with Gasteiger partial charge in [0, 0.05) is 24.9 Å². The summed E-state index contributed by atoms with van der Waals surface area (Å²) < 4.78 is 32.7. The zero-order valence-corrected chi connectivity index (χ0v) is 18.9. The van der Waals surface area contributed by atoms with E-state index in [-0.39, 0.29) is 34.0 Å². The second-order valence-electron chi connectivity index (χ2n) is 7.64. The number of β-lactam (4-membered cyclic amide) rings is 2. The van der Waals surface area contributed by atoms with Gasteiger partial charge in [-0.15, -0.1) is 11.3 Å². The molecule has 2 unspecified atom stereocenters. The summed E-state index contributed by atoms with van der Waals surface area (Å²) in [5.74, 6) is -3.83. The number of nitrogens with two attached hydrogens (primary N) is 1. The number of aliphatic carboxylic acids is 1. The van der Waals surface area contributed by atoms with Crippen LogP contribution in [0.15, 0.2) is 10.5 Å². The molecule has 33 heavy (non-hydrogen) atoms. The van der Waals surface area contributed by atoms with E-state index in [0.717, 1.165) is 11.3 Å². The van der Waals surface area contributed by atoms with Crippen molar-refractivity contribution in [2.45, 2.75) is 38.0 Å². The summed E-state index contributed by atoms with van der Waals surface area (Å²) >= 11 is 0.955. The Balaban J connectivity index is 1.85. The highest BCUT2D eigenvalue weighted by Crippen LogP contribution is 2.26. The fourth-order valence-electron chi connectivity index (χ4n) is 2.93. The molecule has 3 heterocycles. The third-order valence-corrected chi connectivity index (χ3v) is 6.54. The first-order valence-electron chi connectivity index (χ1n) is 9.32. The SMILES string of the molecule is CC(C)(O/N=C(\C(=O)NC1C(=O)N(S(=O)(=O)O)C1CN1CCC1=O)c1csc(N)n1)C(=O)O. The molecule has 17 heteroatoms. The lowest BCUT2D eigenvalue weighted by Crippen LogP contribution is -2.75. The molecule has 0 saturated carbocycles. The molecule has 0 radical (unpaired) electrons. The van der Waals surface area contributed by atoms with Gasteiger partial charge in [0.05, 0.1) is 6.04 Å². The molecule has 5 N–H and O–H groups in total. The van der Waals surface area contributed by atoms with Crippen LogP contribution in [0.25, 0.3) is 0 Å². The zero-order valence-electron chi connectivity index (χ0n) is 17.3. The van der Waals surface area contributed by atoms with E-state index < -0.39 is 51.5 Å². The van der Waals surface area contributed by atoms with Gasteiger partial charge in [0.15, 0.2) is 10.8 Å². The molecule has 2 fully saturated rings. The van der Waals surface area contributed by atoms with Gasteiger partial charge in [-0.3, -0.25) is 18.9 Å². The normalized spacial score (nSPS) is 21.4. The van der Waals surface area contributed by atoms with Crippen LogP contribution in [-0.4, -0.2) is 92.4 Å². The number of carboxylic acid groups (broad SMARTS) is 1. The monoisotopic (exact) mass is 504 g/mol. The number of rotatable bonds is 9. The topological polar surface area (TPSA) is 222 Å². The summed E-state index contributed by atoms with van der Waals surface area (Å²) in [6, 6.07) is -2.69. The van der Waals surface area contributed by atoms with Crippen LogP contribution in [0, 0.1) is 0 Å². The van der Waals surface area contributed by atoms with Crippen LogP contribution in [0.2, 0.25) is 0 Å². The predicted molar refractivity (Wildman–Crippen MR) is 111 cm³/mol. The third kappa shape index (κ3) is 4.88. The molecule has 1 aromatic heterocycles. The van der Waals surface area contributed by atoms with Gasteiger partial charge < -0.3 is 25.9 Å². The minimum Gasteiger partial charge on any atom is -0.478 e. The summed E-state index contributed by atoms with van der Waals surface area (Å²) in [5, 5.41) is 16.5. The Morgan fingerprint density at radius 2 is 2.09 bits per heavy atom. The maximum Gasteiger partial charge on any atom is 0.362 e. The molecule has 0 aliphatic carbocycles. The molecule has 180 valence electrons. The number of oxime groups is 1. The second-order valence-corrected chi connectivity index (χ2v) is 9.82. The lowest BCUT2D eigenvalue weighted by Gasteiger charge is -2.47. The van der Waals surface area contributed by atoms with Gasteiger partial charge >= 0.3 is 16.3 Å². The number of carbonyl (C=O) groups is 4. The van der Waals surface area contributed by atoms with Gasteiger partial charge in [-0.05, 0) is 13.8 Å². The number of nitrogens with zero attached hydrogens (tertiary/aromatic N) is 4. The van der Waals surface area contributed by atoms with E-state index in [1.165, 1.54) is 24.1 Å². The molecule has 0 bridgehead atoms. The largest absolute Gasteiger partial charge is 0.478 e. The van der Waals surface area contributed by atoms with Crippen molar-refractivity contribution in [1.29, 1.82) is 0 Å². The molecule has 0 spiro atoms. The number of anilines is 1. The fourth-order valence-corrected chi connectivity index (χ4v) is 4.35. The van der Waals surface area contributed by atoms with Crippen LogP contribution in [0.1, 0.15) is 26.0 Å². The minimum atomic E-state index is -4.94. The molecule has 3 amide bonds. The van der Waals surface area contributed by atoms with Gasteiger partial charge in [-0.25, -0.2) is 14.1 Å². The van der Waals surface area contributed by atoms with Crippen LogP contribution in [0.5, 0.6) is 0 Å². The zero-order chi connectivity index (χ0) is 24.7. The number of hydrogen-bond donors (Lipinski definition) is 4. The molecule has 0 aromatic carbocycles. The van der Waals surface area contributed by atoms with E-state index in [1.807, 2.05) is 0 Å². The van der Waals surface area contributed by atoms with E-state index in [9.17, 15) is 37.3 Å². The second kappa shape index (κ2) is 8.56. The van der Waals surface area contributed by atoms with Crippen LogP contribution >= 0.6 is 11.3 Å². The molecule has 2 atom stereocenters. The van der Waals surface area contributed by atoms with Crippen LogP contribution < -0.4 is 11.1 Å². The number of carboxylic acids is 1. The third-order valence-electron chi connectivity index (χ3n) is 4.92. The van der Waals surface area contributed by atoms with Crippen molar-refractivity contribution in [3.63, 3.8) is 0 Å². The Bertz CT molecular complexity index is 1150. The highest BCUT2D eigenvalue weighted by atomic mass is 32.2. The average molecular weight is 505 g/mol. The van der Waals surface area contributed by atoms with Crippen LogP contribution in [0.3, 0.4) is 0 Å². The Morgan fingerprint density at radius 3 is 2.55 bits per heavy atom. The van der Waals surface area contributed by atoms with E-state index in [0.29, 0.717) is 6.54 Å². The molecule has 2 saturated heterocycles. The van der Waals surface area contributed by atoms with Gasteiger partial charge in [0.1, 0.15) is 11.7 Å². The maximum absolute atomic E-state index is 12.9. The van der Waals surface area contributed by atoms with Crippen molar-refractivity contribution in [1.82, 2.24) is 19.5 Å². The Labute approximate surface area is 191 Å². The number of hydrogen-bond acceptors (Lipinski definition) is 11. The Hall–Kier alpha value is -3.31. The Morgan fingerprint density at radius 1 is 1.42 bits per heavy atom. The summed E-state index contributed by atoms with van der Waals surface area (Å²) in [6.07, 6.45) is 0.252. The Kier molecular flexibility index (Phi) is 6.31. The number of aromatic nitrogens is 1. The first kappa shape index (κ1) is 24.3. The first-order chi connectivity index (χ1) is 15.2. The lowest BCUT2D eigenvalue weighted by molar-refractivity contribution is -0.161. The van der Waals surface area contributed by atoms with Gasteiger partial charge in [-0.1, -0.05) is 5.16 Å². The maximum atomic E-state index is 12.9. The van der Waals surface area contributed by atoms with E-state index in [2.05, 4.69) is 15.5 Å². The minimum absolute atomic E-state index is 0.0643. The van der Waals surface area contributed by atoms with Gasteiger partial charge in [0.25, 0.3) is 11.8 Å². The van der Waals surface area contributed by atoms with Gasteiger partial charge in [-0.2, -0.15) is 8.42 Å². The number of nitrogen functional groups attached to an aromatic ring is 1. The molecule has 1 aromatic rings. The molecular formula is C16H20N6O9S2. The number of nitrogens with one attached hydrogen (secondary N) is 1. The van der Waals surface area contributed by atoms with Crippen molar-refractivity contribution >= 4 is 56.2 Å². The molecular weight excluding hydrogens is 484 g/mol. The lowest BCUT2D eigenvalue weighted by atomic mass is 9.96. The van der Waals surface area contributed by atoms with Crippen LogP contribution in [0.4, 0.5) is 5.13 Å². The van der Waals surface area contributed by atoms with E-state index >= 15 is 0 Å². The standard InChI is InChI=1S/C16H20N6O9S2/c1-16(2,14(26)27)31-20-10(7-6-32-15(17)18-7)12(24)19-11-8(5-21-4-3-9(21)23)22(13(11)25)33(28,29)30/h6,8,11H,3-5H2,1-2H3,(H2,17,18)(H,19,24)(H,26,27)(H,28,29,30)/b20-10-. The summed E-state index contributed by atoms with van der Waals surface area (Å²) in [5.41, 5.74) is 3.16. The van der Waals surface area contributed by atoms with E-state index in [4.69, 9.17) is 10.6 Å². The van der Waals surface area contributed by atoms with Crippen molar-refractivity contribution in [3.05, 3.63) is 11.1 Å². The number of likely N-dealkylation sites (tertiary alicyclic amines) is 1. The molecule has 3 rings (SSSR count). The predicted octanol–water partition coefficient (Wildman–Crippen LogP) is -1.96. The van der Waals surface area contributed by atoms with Crippen molar-refractivity contribution in [2.75, 3.05) is 18.8 Å². The highest BCUT2D eigenvalue weighted by Gasteiger charge is 2.55. The fraction of sp³-hybridized carbons (Fsp3) is 0.500.